The quantitative estimate of drug-likeness (QED) is 0.716. The molecule has 2 aromatic carbocycles. The molecule has 2 heterocycles. The van der Waals surface area contributed by atoms with Crippen LogP contribution in [0.2, 0.25) is 5.02 Å². The predicted octanol–water partition coefficient (Wildman–Crippen LogP) is 4.04. The molecule has 0 saturated carbocycles. The summed E-state index contributed by atoms with van der Waals surface area (Å²) in [7, 11) is 0. The number of nitrogens with zero attached hydrogens (tertiary/aromatic N) is 2. The summed E-state index contributed by atoms with van der Waals surface area (Å²) in [6.45, 7) is 1.10. The van der Waals surface area contributed by atoms with Crippen molar-refractivity contribution >= 4 is 34.0 Å². The van der Waals surface area contributed by atoms with E-state index in [0.29, 0.717) is 35.7 Å². The van der Waals surface area contributed by atoms with Gasteiger partial charge in [-0.15, -0.1) is 0 Å². The largest absolute Gasteiger partial charge is 0.504 e. The summed E-state index contributed by atoms with van der Waals surface area (Å²) in [5.74, 6) is 0.0865. The topological polar surface area (TPSA) is 76.5 Å². The summed E-state index contributed by atoms with van der Waals surface area (Å²) in [5.41, 5.74) is 0.690. The van der Waals surface area contributed by atoms with Crippen molar-refractivity contribution in [2.24, 2.45) is 0 Å². The molecular weight excluding hydrogens is 361 g/mol. The first-order chi connectivity index (χ1) is 12.6. The van der Waals surface area contributed by atoms with Crippen LogP contribution in [0.15, 0.2) is 36.7 Å². The van der Waals surface area contributed by atoms with Crippen molar-refractivity contribution < 1.29 is 19.0 Å². The van der Waals surface area contributed by atoms with Gasteiger partial charge < -0.3 is 19.9 Å². The van der Waals surface area contributed by atoms with E-state index in [9.17, 15) is 9.50 Å². The molecule has 3 aromatic rings. The van der Waals surface area contributed by atoms with E-state index in [0.717, 1.165) is 6.42 Å². The Morgan fingerprint density at radius 1 is 1.31 bits per heavy atom. The zero-order valence-electron chi connectivity index (χ0n) is 13.6. The molecule has 0 aliphatic carbocycles. The number of hydrogen-bond acceptors (Lipinski definition) is 6. The number of aromatic hydroxyl groups is 1. The number of halogens is 2. The van der Waals surface area contributed by atoms with Crippen LogP contribution in [0.3, 0.4) is 0 Å². The molecule has 2 N–H and O–H groups in total. The second-order valence-corrected chi connectivity index (χ2v) is 6.30. The normalized spacial score (nSPS) is 16.8. The molecule has 134 valence electrons. The monoisotopic (exact) mass is 375 g/mol. The third-order valence-corrected chi connectivity index (χ3v) is 4.39. The van der Waals surface area contributed by atoms with Gasteiger partial charge in [-0.25, -0.2) is 14.4 Å². The average Bonchev–Trinajstić information content (AvgIpc) is 3.13. The summed E-state index contributed by atoms with van der Waals surface area (Å²) in [6.07, 6.45) is 1.96. The molecule has 0 bridgehead atoms. The molecule has 1 aliphatic heterocycles. The smallest absolute Gasteiger partial charge is 0.165 e. The van der Waals surface area contributed by atoms with E-state index >= 15 is 0 Å². The first-order valence-corrected chi connectivity index (χ1v) is 8.43. The first kappa shape index (κ1) is 16.8. The number of anilines is 2. The standard InChI is InChI=1S/C18H15ClFN3O3/c19-12-2-1-3-13(17(12)20)23-18-11-6-16(26-10-4-5-25-8-10)15(24)7-14(11)21-9-22-18/h1-3,6-7,9-10,24H,4-5,8H2,(H,21,22,23)/t10-/m1/s1. The molecule has 0 radical (unpaired) electrons. The summed E-state index contributed by atoms with van der Waals surface area (Å²) in [6, 6.07) is 7.78. The van der Waals surface area contributed by atoms with Crippen molar-refractivity contribution in [1.82, 2.24) is 9.97 Å². The lowest BCUT2D eigenvalue weighted by Gasteiger charge is -2.15. The molecule has 1 saturated heterocycles. The van der Waals surface area contributed by atoms with Crippen molar-refractivity contribution in [3.63, 3.8) is 0 Å². The van der Waals surface area contributed by atoms with Gasteiger partial charge in [0, 0.05) is 17.9 Å². The van der Waals surface area contributed by atoms with E-state index in [4.69, 9.17) is 21.1 Å². The van der Waals surface area contributed by atoms with Crippen molar-refractivity contribution in [3.05, 3.63) is 47.5 Å². The minimum atomic E-state index is -0.570. The molecular formula is C18H15ClFN3O3. The summed E-state index contributed by atoms with van der Waals surface area (Å²) < 4.78 is 25.3. The molecule has 1 atom stereocenters. The van der Waals surface area contributed by atoms with Gasteiger partial charge in [-0.2, -0.15) is 0 Å². The number of phenols is 1. The van der Waals surface area contributed by atoms with E-state index in [2.05, 4.69) is 15.3 Å². The van der Waals surface area contributed by atoms with Crippen LogP contribution in [0.1, 0.15) is 6.42 Å². The Labute approximate surface area is 153 Å². The van der Waals surface area contributed by atoms with E-state index in [1.54, 1.807) is 18.2 Å². The van der Waals surface area contributed by atoms with Gasteiger partial charge in [-0.1, -0.05) is 17.7 Å². The second kappa shape index (κ2) is 6.93. The highest BCUT2D eigenvalue weighted by Gasteiger charge is 2.20. The van der Waals surface area contributed by atoms with E-state index in [1.165, 1.54) is 18.5 Å². The maximum absolute atomic E-state index is 14.2. The Bertz CT molecular complexity index is 964. The zero-order valence-corrected chi connectivity index (χ0v) is 14.3. The summed E-state index contributed by atoms with van der Waals surface area (Å²) in [4.78, 5) is 8.33. The molecule has 4 rings (SSSR count). The van der Waals surface area contributed by atoms with E-state index in [-0.39, 0.29) is 22.6 Å². The van der Waals surface area contributed by atoms with Crippen LogP contribution in [0.25, 0.3) is 10.9 Å². The van der Waals surface area contributed by atoms with Gasteiger partial charge in [0.05, 0.1) is 29.4 Å². The second-order valence-electron chi connectivity index (χ2n) is 5.89. The zero-order chi connectivity index (χ0) is 18.1. The minimum absolute atomic E-state index is 0.0104. The first-order valence-electron chi connectivity index (χ1n) is 8.05. The maximum atomic E-state index is 14.2. The highest BCUT2D eigenvalue weighted by atomic mass is 35.5. The molecule has 1 fully saturated rings. The van der Waals surface area contributed by atoms with Crippen LogP contribution in [0, 0.1) is 5.82 Å². The van der Waals surface area contributed by atoms with Crippen LogP contribution < -0.4 is 10.1 Å². The molecule has 26 heavy (non-hydrogen) atoms. The highest BCUT2D eigenvalue weighted by Crippen LogP contribution is 2.35. The fraction of sp³-hybridized carbons (Fsp3) is 0.222. The lowest BCUT2D eigenvalue weighted by molar-refractivity contribution is 0.139. The molecule has 1 aromatic heterocycles. The third-order valence-electron chi connectivity index (χ3n) is 4.10. The van der Waals surface area contributed by atoms with Crippen molar-refractivity contribution in [2.75, 3.05) is 18.5 Å². The number of phenolic OH excluding ortho intramolecular Hbond substituents is 1. The number of hydrogen-bond donors (Lipinski definition) is 2. The molecule has 0 unspecified atom stereocenters. The number of fused-ring (bicyclic) bond motifs is 1. The molecule has 8 heteroatoms. The average molecular weight is 376 g/mol. The fourth-order valence-electron chi connectivity index (χ4n) is 2.78. The van der Waals surface area contributed by atoms with Gasteiger partial charge in [0.25, 0.3) is 0 Å². The summed E-state index contributed by atoms with van der Waals surface area (Å²) in [5, 5.41) is 13.7. The van der Waals surface area contributed by atoms with Crippen LogP contribution in [-0.4, -0.2) is 34.4 Å². The Morgan fingerprint density at radius 3 is 3.00 bits per heavy atom. The van der Waals surface area contributed by atoms with Gasteiger partial charge in [0.15, 0.2) is 17.3 Å². The maximum Gasteiger partial charge on any atom is 0.165 e. The van der Waals surface area contributed by atoms with Crippen LogP contribution in [-0.2, 0) is 4.74 Å². The molecule has 1 aliphatic rings. The number of aromatic nitrogens is 2. The van der Waals surface area contributed by atoms with Gasteiger partial charge in [0.2, 0.25) is 0 Å². The van der Waals surface area contributed by atoms with E-state index < -0.39 is 5.82 Å². The Hall–Kier alpha value is -2.64. The third kappa shape index (κ3) is 3.23. The Balaban J connectivity index is 1.73. The lowest BCUT2D eigenvalue weighted by atomic mass is 10.2. The minimum Gasteiger partial charge on any atom is -0.504 e. The Kier molecular flexibility index (Phi) is 4.48. The lowest BCUT2D eigenvalue weighted by Crippen LogP contribution is -2.15. The van der Waals surface area contributed by atoms with E-state index in [1.807, 2.05) is 0 Å². The molecule has 0 amide bonds. The van der Waals surface area contributed by atoms with Gasteiger partial charge >= 0.3 is 0 Å². The van der Waals surface area contributed by atoms with Crippen LogP contribution in [0.5, 0.6) is 11.5 Å². The SMILES string of the molecule is Oc1cc2ncnc(Nc3cccc(Cl)c3F)c2cc1O[C@@H]1CCOC1. The summed E-state index contributed by atoms with van der Waals surface area (Å²) >= 11 is 5.83. The van der Waals surface area contributed by atoms with Crippen LogP contribution >= 0.6 is 11.6 Å². The number of ether oxygens (including phenoxy) is 2. The Morgan fingerprint density at radius 2 is 2.19 bits per heavy atom. The number of rotatable bonds is 4. The number of benzene rings is 2. The van der Waals surface area contributed by atoms with Crippen molar-refractivity contribution in [1.29, 1.82) is 0 Å². The van der Waals surface area contributed by atoms with Crippen LogP contribution in [0.4, 0.5) is 15.9 Å². The predicted molar refractivity (Wildman–Crippen MR) is 95.7 cm³/mol. The van der Waals surface area contributed by atoms with Gasteiger partial charge in [-0.05, 0) is 18.2 Å². The van der Waals surface area contributed by atoms with Crippen molar-refractivity contribution in [3.8, 4) is 11.5 Å². The molecule has 6 nitrogen and oxygen atoms in total. The van der Waals surface area contributed by atoms with Gasteiger partial charge in [-0.3, -0.25) is 0 Å². The van der Waals surface area contributed by atoms with Gasteiger partial charge in [0.1, 0.15) is 18.2 Å². The highest BCUT2D eigenvalue weighted by molar-refractivity contribution is 6.31. The fourth-order valence-corrected chi connectivity index (χ4v) is 2.95. The number of nitrogens with one attached hydrogen (secondary N) is 1. The van der Waals surface area contributed by atoms with Crippen molar-refractivity contribution in [2.45, 2.75) is 12.5 Å². The molecule has 0 spiro atoms.